The van der Waals surface area contributed by atoms with Crippen molar-refractivity contribution in [1.82, 2.24) is 9.97 Å². The molecule has 0 radical (unpaired) electrons. The molecule has 0 spiro atoms. The first-order chi connectivity index (χ1) is 6.38. The lowest BCUT2D eigenvalue weighted by molar-refractivity contribution is 1.17. The summed E-state index contributed by atoms with van der Waals surface area (Å²) in [4.78, 5) is 7.97. The summed E-state index contributed by atoms with van der Waals surface area (Å²) < 4.78 is 0. The van der Waals surface area contributed by atoms with Crippen LogP contribution in [0.1, 0.15) is 0 Å². The van der Waals surface area contributed by atoms with Gasteiger partial charge in [-0.25, -0.2) is 9.97 Å². The Balaban J connectivity index is 2.54. The van der Waals surface area contributed by atoms with Crippen LogP contribution in [-0.2, 0) is 0 Å². The SMILES string of the molecule is Nc1ccccc1-c1ccncn1. The average molecular weight is 171 g/mol. The van der Waals surface area contributed by atoms with E-state index in [0.29, 0.717) is 0 Å². The monoisotopic (exact) mass is 171 g/mol. The molecule has 0 fully saturated rings. The van der Waals surface area contributed by atoms with E-state index in [4.69, 9.17) is 5.73 Å². The molecule has 3 nitrogen and oxygen atoms in total. The van der Waals surface area contributed by atoms with Gasteiger partial charge in [0.2, 0.25) is 0 Å². The maximum absolute atomic E-state index is 5.79. The topological polar surface area (TPSA) is 51.8 Å². The van der Waals surface area contributed by atoms with E-state index in [0.717, 1.165) is 16.9 Å². The lowest BCUT2D eigenvalue weighted by Crippen LogP contribution is -1.91. The van der Waals surface area contributed by atoms with E-state index in [1.807, 2.05) is 30.3 Å². The molecule has 1 aromatic heterocycles. The van der Waals surface area contributed by atoms with Crippen molar-refractivity contribution in [2.45, 2.75) is 0 Å². The van der Waals surface area contributed by atoms with Crippen LogP contribution in [0.3, 0.4) is 0 Å². The number of hydrogen-bond acceptors (Lipinski definition) is 3. The number of hydrogen-bond donors (Lipinski definition) is 1. The normalized spacial score (nSPS) is 9.85. The highest BCUT2D eigenvalue weighted by atomic mass is 14.8. The Bertz CT molecular complexity index is 398. The molecule has 0 atom stereocenters. The number of para-hydroxylation sites is 1. The van der Waals surface area contributed by atoms with Crippen LogP contribution in [0.4, 0.5) is 5.69 Å². The molecule has 0 aliphatic carbocycles. The van der Waals surface area contributed by atoms with E-state index in [-0.39, 0.29) is 0 Å². The molecule has 0 bridgehead atoms. The number of rotatable bonds is 1. The smallest absolute Gasteiger partial charge is 0.116 e. The van der Waals surface area contributed by atoms with Crippen LogP contribution in [0.5, 0.6) is 0 Å². The second kappa shape index (κ2) is 3.23. The molecule has 2 N–H and O–H groups in total. The van der Waals surface area contributed by atoms with Crippen molar-refractivity contribution in [3.63, 3.8) is 0 Å². The summed E-state index contributed by atoms with van der Waals surface area (Å²) in [6, 6.07) is 9.48. The molecule has 0 aliphatic rings. The molecular formula is C10H9N3. The molecule has 2 aromatic rings. The summed E-state index contributed by atoms with van der Waals surface area (Å²) >= 11 is 0. The lowest BCUT2D eigenvalue weighted by atomic mass is 10.1. The molecule has 0 unspecified atom stereocenters. The largest absolute Gasteiger partial charge is 0.398 e. The molecule has 0 saturated carbocycles. The molecule has 13 heavy (non-hydrogen) atoms. The van der Waals surface area contributed by atoms with Gasteiger partial charge in [0.25, 0.3) is 0 Å². The first kappa shape index (κ1) is 7.73. The lowest BCUT2D eigenvalue weighted by Gasteiger charge is -2.02. The fraction of sp³-hybridized carbons (Fsp3) is 0. The van der Waals surface area contributed by atoms with Gasteiger partial charge in [0, 0.05) is 17.4 Å². The standard InChI is InChI=1S/C10H9N3/c11-9-4-2-1-3-8(9)10-5-6-12-7-13-10/h1-7H,11H2. The van der Waals surface area contributed by atoms with Gasteiger partial charge in [0.1, 0.15) is 6.33 Å². The van der Waals surface area contributed by atoms with Crippen molar-refractivity contribution in [2.75, 3.05) is 5.73 Å². The van der Waals surface area contributed by atoms with Crippen LogP contribution in [-0.4, -0.2) is 9.97 Å². The molecule has 2 rings (SSSR count). The summed E-state index contributed by atoms with van der Waals surface area (Å²) in [5, 5.41) is 0. The molecule has 0 saturated heterocycles. The van der Waals surface area contributed by atoms with Crippen LogP contribution in [0.25, 0.3) is 11.3 Å². The van der Waals surface area contributed by atoms with Gasteiger partial charge in [-0.3, -0.25) is 0 Å². The fourth-order valence-electron chi connectivity index (χ4n) is 1.18. The number of aromatic nitrogens is 2. The van der Waals surface area contributed by atoms with Crippen LogP contribution < -0.4 is 5.73 Å². The molecule has 64 valence electrons. The van der Waals surface area contributed by atoms with Crippen LogP contribution in [0.2, 0.25) is 0 Å². The first-order valence-corrected chi connectivity index (χ1v) is 3.99. The van der Waals surface area contributed by atoms with Crippen molar-refractivity contribution >= 4 is 5.69 Å². The summed E-state index contributed by atoms with van der Waals surface area (Å²) in [5.74, 6) is 0. The van der Waals surface area contributed by atoms with E-state index < -0.39 is 0 Å². The quantitative estimate of drug-likeness (QED) is 0.665. The van der Waals surface area contributed by atoms with Gasteiger partial charge in [0.05, 0.1) is 5.69 Å². The van der Waals surface area contributed by atoms with E-state index in [2.05, 4.69) is 9.97 Å². The van der Waals surface area contributed by atoms with Gasteiger partial charge < -0.3 is 5.73 Å². The molecule has 1 aromatic carbocycles. The van der Waals surface area contributed by atoms with Crippen molar-refractivity contribution in [3.8, 4) is 11.3 Å². The van der Waals surface area contributed by atoms with Crippen molar-refractivity contribution in [1.29, 1.82) is 0 Å². The minimum atomic E-state index is 0.737. The maximum atomic E-state index is 5.79. The zero-order chi connectivity index (χ0) is 9.10. The Morgan fingerprint density at radius 1 is 1.08 bits per heavy atom. The summed E-state index contributed by atoms with van der Waals surface area (Å²) in [6.45, 7) is 0. The highest BCUT2D eigenvalue weighted by Gasteiger charge is 2.00. The number of nitrogens with zero attached hydrogens (tertiary/aromatic N) is 2. The Labute approximate surface area is 76.3 Å². The van der Waals surface area contributed by atoms with Gasteiger partial charge in [0.15, 0.2) is 0 Å². The van der Waals surface area contributed by atoms with Gasteiger partial charge in [-0.05, 0) is 12.1 Å². The fourth-order valence-corrected chi connectivity index (χ4v) is 1.18. The van der Waals surface area contributed by atoms with Crippen molar-refractivity contribution < 1.29 is 0 Å². The minimum absolute atomic E-state index is 0.737. The predicted molar refractivity (Wildman–Crippen MR) is 51.9 cm³/mol. The summed E-state index contributed by atoms with van der Waals surface area (Å²) in [7, 11) is 0. The average Bonchev–Trinajstić information content (AvgIpc) is 2.20. The Kier molecular flexibility index (Phi) is 1.92. The second-order valence-corrected chi connectivity index (χ2v) is 2.68. The van der Waals surface area contributed by atoms with Gasteiger partial charge in [-0.15, -0.1) is 0 Å². The maximum Gasteiger partial charge on any atom is 0.116 e. The predicted octanol–water partition coefficient (Wildman–Crippen LogP) is 1.73. The molecule has 1 heterocycles. The highest BCUT2D eigenvalue weighted by molar-refractivity contribution is 5.72. The third-order valence-corrected chi connectivity index (χ3v) is 1.82. The Hall–Kier alpha value is -1.90. The first-order valence-electron chi connectivity index (χ1n) is 3.99. The molecule has 0 aliphatic heterocycles. The van der Waals surface area contributed by atoms with E-state index in [1.165, 1.54) is 6.33 Å². The Morgan fingerprint density at radius 2 is 1.92 bits per heavy atom. The summed E-state index contributed by atoms with van der Waals surface area (Å²) in [6.07, 6.45) is 3.22. The van der Waals surface area contributed by atoms with Crippen LogP contribution >= 0.6 is 0 Å². The van der Waals surface area contributed by atoms with E-state index in [1.54, 1.807) is 6.20 Å². The third-order valence-electron chi connectivity index (χ3n) is 1.82. The summed E-state index contributed by atoms with van der Waals surface area (Å²) in [5.41, 5.74) is 8.33. The third kappa shape index (κ3) is 1.49. The second-order valence-electron chi connectivity index (χ2n) is 2.68. The number of anilines is 1. The van der Waals surface area contributed by atoms with Crippen molar-refractivity contribution in [3.05, 3.63) is 42.9 Å². The van der Waals surface area contributed by atoms with Gasteiger partial charge in [-0.2, -0.15) is 0 Å². The van der Waals surface area contributed by atoms with E-state index in [9.17, 15) is 0 Å². The van der Waals surface area contributed by atoms with Crippen LogP contribution in [0, 0.1) is 0 Å². The molecule has 0 amide bonds. The van der Waals surface area contributed by atoms with Crippen molar-refractivity contribution in [2.24, 2.45) is 0 Å². The Morgan fingerprint density at radius 3 is 2.62 bits per heavy atom. The number of nitrogens with two attached hydrogens (primary N) is 1. The number of nitrogen functional groups attached to an aromatic ring is 1. The minimum Gasteiger partial charge on any atom is -0.398 e. The zero-order valence-electron chi connectivity index (χ0n) is 7.01. The van der Waals surface area contributed by atoms with E-state index >= 15 is 0 Å². The van der Waals surface area contributed by atoms with Gasteiger partial charge in [-0.1, -0.05) is 18.2 Å². The van der Waals surface area contributed by atoms with Crippen LogP contribution in [0.15, 0.2) is 42.9 Å². The number of benzene rings is 1. The van der Waals surface area contributed by atoms with Gasteiger partial charge >= 0.3 is 0 Å². The molecule has 3 heteroatoms. The highest BCUT2D eigenvalue weighted by Crippen LogP contribution is 2.22. The zero-order valence-corrected chi connectivity index (χ0v) is 7.01. The molecular weight excluding hydrogens is 162 g/mol.